The number of morpholine rings is 1. The molecule has 2 N–H and O–H groups in total. The van der Waals surface area contributed by atoms with Crippen molar-refractivity contribution in [2.45, 2.75) is 25.9 Å². The van der Waals surface area contributed by atoms with E-state index in [0.29, 0.717) is 38.2 Å². The van der Waals surface area contributed by atoms with Gasteiger partial charge in [-0.05, 0) is 37.1 Å². The van der Waals surface area contributed by atoms with Gasteiger partial charge in [-0.25, -0.2) is 0 Å². The number of nitrogens with two attached hydrogens (primary N) is 1. The summed E-state index contributed by atoms with van der Waals surface area (Å²) in [7, 11) is 0. The first-order valence-electron chi connectivity index (χ1n) is 8.14. The Morgan fingerprint density at radius 3 is 3.08 bits per heavy atom. The average molecular weight is 326 g/mol. The number of ether oxygens (including phenoxy) is 1. The smallest absolute Gasteiger partial charge is 0.223 e. The van der Waals surface area contributed by atoms with Crippen LogP contribution in [-0.4, -0.2) is 40.5 Å². The summed E-state index contributed by atoms with van der Waals surface area (Å²) in [6.45, 7) is 3.55. The summed E-state index contributed by atoms with van der Waals surface area (Å²) >= 11 is 0. The molecule has 0 bridgehead atoms. The highest BCUT2D eigenvalue weighted by molar-refractivity contribution is 5.76. The predicted octanol–water partition coefficient (Wildman–Crippen LogP) is 1.90. The van der Waals surface area contributed by atoms with Crippen LogP contribution < -0.4 is 5.73 Å². The molecule has 0 aromatic carbocycles. The highest BCUT2D eigenvalue weighted by atomic mass is 16.5. The predicted molar refractivity (Wildman–Crippen MR) is 91.2 cm³/mol. The first-order valence-corrected chi connectivity index (χ1v) is 8.14. The number of anilines is 1. The molecule has 0 spiro atoms. The molecule has 2 aromatic heterocycles. The van der Waals surface area contributed by atoms with Gasteiger partial charge in [0.2, 0.25) is 5.91 Å². The van der Waals surface area contributed by atoms with Crippen LogP contribution in [0, 0.1) is 6.92 Å². The zero-order chi connectivity index (χ0) is 16.9. The van der Waals surface area contributed by atoms with Gasteiger partial charge in [-0.15, -0.1) is 0 Å². The van der Waals surface area contributed by atoms with Crippen molar-refractivity contribution in [2.24, 2.45) is 0 Å². The lowest BCUT2D eigenvalue weighted by atomic mass is 10.1. The molecule has 1 amide bonds. The summed E-state index contributed by atoms with van der Waals surface area (Å²) in [6, 6.07) is 7.52. The summed E-state index contributed by atoms with van der Waals surface area (Å²) in [6.07, 6.45) is 4.49. The fourth-order valence-corrected chi connectivity index (χ4v) is 2.90. The molecule has 0 radical (unpaired) electrons. The molecule has 1 aliphatic heterocycles. The molecule has 1 unspecified atom stereocenters. The summed E-state index contributed by atoms with van der Waals surface area (Å²) in [5, 5.41) is 0. The fourth-order valence-electron chi connectivity index (χ4n) is 2.90. The van der Waals surface area contributed by atoms with Crippen LogP contribution in [0.1, 0.15) is 29.5 Å². The van der Waals surface area contributed by atoms with Crippen molar-refractivity contribution in [3.8, 4) is 0 Å². The molecular formula is C18H22N4O2. The first kappa shape index (κ1) is 16.4. The Balaban J connectivity index is 1.61. The van der Waals surface area contributed by atoms with Crippen LogP contribution in [0.3, 0.4) is 0 Å². The maximum absolute atomic E-state index is 12.5. The van der Waals surface area contributed by atoms with Crippen LogP contribution in [0.5, 0.6) is 0 Å². The van der Waals surface area contributed by atoms with Crippen LogP contribution >= 0.6 is 0 Å². The minimum atomic E-state index is -0.219. The highest BCUT2D eigenvalue weighted by Crippen LogP contribution is 2.23. The molecule has 126 valence electrons. The summed E-state index contributed by atoms with van der Waals surface area (Å²) < 4.78 is 5.80. The number of nitrogens with zero attached hydrogens (tertiary/aromatic N) is 3. The molecule has 1 aliphatic rings. The molecule has 6 nitrogen and oxygen atoms in total. The Morgan fingerprint density at radius 1 is 1.46 bits per heavy atom. The van der Waals surface area contributed by atoms with Gasteiger partial charge in [0.15, 0.2) is 0 Å². The second kappa shape index (κ2) is 7.40. The van der Waals surface area contributed by atoms with Gasteiger partial charge in [-0.3, -0.25) is 14.8 Å². The number of rotatable bonds is 4. The SMILES string of the molecule is Cc1cc(N)cc(C2CN(C(=O)CCc3cccnc3)CCO2)n1. The lowest BCUT2D eigenvalue weighted by molar-refractivity contribution is -0.139. The first-order chi connectivity index (χ1) is 11.6. The number of carbonyl (C=O) groups excluding carboxylic acids is 1. The molecule has 24 heavy (non-hydrogen) atoms. The molecule has 1 atom stereocenters. The minimum absolute atomic E-state index is 0.132. The second-order valence-corrected chi connectivity index (χ2v) is 6.03. The summed E-state index contributed by atoms with van der Waals surface area (Å²) in [5.41, 5.74) is 9.28. The van der Waals surface area contributed by atoms with Crippen molar-refractivity contribution in [1.29, 1.82) is 0 Å². The number of nitrogen functional groups attached to an aromatic ring is 1. The van der Waals surface area contributed by atoms with Crippen LogP contribution in [0.15, 0.2) is 36.7 Å². The van der Waals surface area contributed by atoms with E-state index in [9.17, 15) is 4.79 Å². The van der Waals surface area contributed by atoms with Gasteiger partial charge in [0.1, 0.15) is 6.10 Å². The lowest BCUT2D eigenvalue weighted by Crippen LogP contribution is -2.42. The lowest BCUT2D eigenvalue weighted by Gasteiger charge is -2.33. The maximum Gasteiger partial charge on any atom is 0.223 e. The third-order valence-corrected chi connectivity index (χ3v) is 4.09. The zero-order valence-corrected chi connectivity index (χ0v) is 13.8. The Labute approximate surface area is 141 Å². The molecule has 0 saturated carbocycles. The van der Waals surface area contributed by atoms with Crippen LogP contribution in [0.4, 0.5) is 5.69 Å². The van der Waals surface area contributed by atoms with E-state index in [-0.39, 0.29) is 12.0 Å². The Morgan fingerprint density at radius 2 is 2.33 bits per heavy atom. The van der Waals surface area contributed by atoms with Crippen molar-refractivity contribution < 1.29 is 9.53 Å². The molecule has 2 aromatic rings. The third-order valence-electron chi connectivity index (χ3n) is 4.09. The largest absolute Gasteiger partial charge is 0.399 e. The molecule has 3 heterocycles. The number of hydrogen-bond donors (Lipinski definition) is 1. The van der Waals surface area contributed by atoms with Crippen LogP contribution in [-0.2, 0) is 16.0 Å². The minimum Gasteiger partial charge on any atom is -0.399 e. The van der Waals surface area contributed by atoms with E-state index in [1.165, 1.54) is 0 Å². The van der Waals surface area contributed by atoms with E-state index >= 15 is 0 Å². The van der Waals surface area contributed by atoms with E-state index in [4.69, 9.17) is 10.5 Å². The van der Waals surface area contributed by atoms with Gasteiger partial charge < -0.3 is 15.4 Å². The molecule has 3 rings (SSSR count). The van der Waals surface area contributed by atoms with E-state index in [0.717, 1.165) is 17.0 Å². The number of pyridine rings is 2. The van der Waals surface area contributed by atoms with Gasteiger partial charge in [0.25, 0.3) is 0 Å². The fraction of sp³-hybridized carbons (Fsp3) is 0.389. The highest BCUT2D eigenvalue weighted by Gasteiger charge is 2.26. The molecule has 1 saturated heterocycles. The van der Waals surface area contributed by atoms with Crippen molar-refractivity contribution in [1.82, 2.24) is 14.9 Å². The van der Waals surface area contributed by atoms with Crippen molar-refractivity contribution >= 4 is 11.6 Å². The van der Waals surface area contributed by atoms with E-state index in [2.05, 4.69) is 9.97 Å². The Kier molecular flexibility index (Phi) is 5.05. The number of aromatic nitrogens is 2. The van der Waals surface area contributed by atoms with Gasteiger partial charge >= 0.3 is 0 Å². The summed E-state index contributed by atoms with van der Waals surface area (Å²) in [5.74, 6) is 0.132. The zero-order valence-electron chi connectivity index (χ0n) is 13.8. The van der Waals surface area contributed by atoms with Gasteiger partial charge in [-0.2, -0.15) is 0 Å². The number of amides is 1. The Bertz CT molecular complexity index is 685. The number of hydrogen-bond acceptors (Lipinski definition) is 5. The molecule has 0 aliphatic carbocycles. The van der Waals surface area contributed by atoms with Crippen LogP contribution in [0.2, 0.25) is 0 Å². The average Bonchev–Trinajstić information content (AvgIpc) is 2.60. The standard InChI is InChI=1S/C18H22N4O2/c1-13-9-15(19)10-16(21-13)17-12-22(7-8-24-17)18(23)5-4-14-3-2-6-20-11-14/h2-3,6,9-11,17H,4-5,7-8,12H2,1H3,(H2,19,21). The Hall–Kier alpha value is -2.47. The van der Waals surface area contributed by atoms with Crippen molar-refractivity contribution in [3.63, 3.8) is 0 Å². The summed E-state index contributed by atoms with van der Waals surface area (Å²) in [4.78, 5) is 22.9. The van der Waals surface area contributed by atoms with Gasteiger partial charge in [0.05, 0.1) is 18.8 Å². The molecular weight excluding hydrogens is 304 g/mol. The van der Waals surface area contributed by atoms with E-state index in [1.54, 1.807) is 12.4 Å². The third kappa shape index (κ3) is 4.08. The van der Waals surface area contributed by atoms with Crippen molar-refractivity contribution in [2.75, 3.05) is 25.4 Å². The number of carbonyl (C=O) groups is 1. The molecule has 6 heteroatoms. The topological polar surface area (TPSA) is 81.3 Å². The monoisotopic (exact) mass is 326 g/mol. The van der Waals surface area contributed by atoms with Gasteiger partial charge in [-0.1, -0.05) is 6.07 Å². The normalized spacial score (nSPS) is 17.7. The molecule has 1 fully saturated rings. The van der Waals surface area contributed by atoms with E-state index < -0.39 is 0 Å². The van der Waals surface area contributed by atoms with Crippen molar-refractivity contribution in [3.05, 3.63) is 53.6 Å². The quantitative estimate of drug-likeness (QED) is 0.928. The van der Waals surface area contributed by atoms with Gasteiger partial charge in [0, 0.05) is 36.7 Å². The second-order valence-electron chi connectivity index (χ2n) is 6.03. The number of aryl methyl sites for hydroxylation is 2. The van der Waals surface area contributed by atoms with E-state index in [1.807, 2.05) is 36.1 Å². The maximum atomic E-state index is 12.5. The van der Waals surface area contributed by atoms with Crippen LogP contribution in [0.25, 0.3) is 0 Å².